The van der Waals surface area contributed by atoms with Crippen LogP contribution in [0.1, 0.15) is 18.1 Å². The third-order valence-electron chi connectivity index (χ3n) is 2.72. The summed E-state index contributed by atoms with van der Waals surface area (Å²) in [6, 6.07) is 5.33. The quantitative estimate of drug-likeness (QED) is 0.309. The molecule has 1 atom stereocenters. The van der Waals surface area contributed by atoms with Gasteiger partial charge in [0.15, 0.2) is 5.84 Å². The summed E-state index contributed by atoms with van der Waals surface area (Å²) in [6.45, 7) is 4.36. The summed E-state index contributed by atoms with van der Waals surface area (Å²) in [5, 5.41) is 15.4. The fourth-order valence-corrected chi connectivity index (χ4v) is 1.95. The van der Waals surface area contributed by atoms with Crippen LogP contribution >= 0.6 is 11.6 Å². The largest absolute Gasteiger partial charge is 0.409 e. The Balaban J connectivity index is 2.56. The summed E-state index contributed by atoms with van der Waals surface area (Å²) < 4.78 is 5.07. The predicted molar refractivity (Wildman–Crippen MR) is 76.7 cm³/mol. The van der Waals surface area contributed by atoms with E-state index in [1.807, 2.05) is 6.07 Å². The van der Waals surface area contributed by atoms with Gasteiger partial charge in [0, 0.05) is 37.4 Å². The van der Waals surface area contributed by atoms with Crippen molar-refractivity contribution in [2.45, 2.75) is 13.5 Å². The van der Waals surface area contributed by atoms with E-state index in [0.29, 0.717) is 23.0 Å². The van der Waals surface area contributed by atoms with E-state index in [1.54, 1.807) is 19.2 Å². The van der Waals surface area contributed by atoms with Crippen molar-refractivity contribution in [3.05, 3.63) is 34.3 Å². The highest BCUT2D eigenvalue weighted by molar-refractivity contribution is 6.31. The molecule has 4 N–H and O–H groups in total. The molecule has 0 saturated carbocycles. The summed E-state index contributed by atoms with van der Waals surface area (Å²) in [7, 11) is 1.69. The minimum Gasteiger partial charge on any atom is -0.409 e. The van der Waals surface area contributed by atoms with Gasteiger partial charge >= 0.3 is 0 Å². The molecule has 1 aromatic carbocycles. The lowest BCUT2D eigenvalue weighted by atomic mass is 10.1. The van der Waals surface area contributed by atoms with Crippen LogP contribution in [0.25, 0.3) is 0 Å². The zero-order valence-electron chi connectivity index (χ0n) is 11.2. The molecular formula is C13H20ClN3O2. The van der Waals surface area contributed by atoms with Crippen molar-refractivity contribution in [1.29, 1.82) is 0 Å². The van der Waals surface area contributed by atoms with E-state index in [9.17, 15) is 0 Å². The van der Waals surface area contributed by atoms with E-state index in [1.165, 1.54) is 0 Å². The molecule has 0 aliphatic rings. The number of nitrogens with zero attached hydrogens (tertiary/aromatic N) is 1. The molecule has 19 heavy (non-hydrogen) atoms. The van der Waals surface area contributed by atoms with Crippen molar-refractivity contribution in [1.82, 2.24) is 5.32 Å². The lowest BCUT2D eigenvalue weighted by Gasteiger charge is -2.12. The second-order valence-corrected chi connectivity index (χ2v) is 4.89. The Morgan fingerprint density at radius 2 is 2.32 bits per heavy atom. The van der Waals surface area contributed by atoms with E-state index in [-0.39, 0.29) is 5.84 Å². The van der Waals surface area contributed by atoms with Gasteiger partial charge < -0.3 is 21.0 Å². The number of rotatable bonds is 7. The summed E-state index contributed by atoms with van der Waals surface area (Å²) >= 11 is 6.15. The number of oxime groups is 1. The summed E-state index contributed by atoms with van der Waals surface area (Å²) in [5.74, 6) is 0.496. The van der Waals surface area contributed by atoms with Crippen molar-refractivity contribution in [3.8, 4) is 0 Å². The first-order chi connectivity index (χ1) is 9.08. The second-order valence-electron chi connectivity index (χ2n) is 4.48. The molecule has 106 valence electrons. The van der Waals surface area contributed by atoms with Gasteiger partial charge in [-0.1, -0.05) is 35.8 Å². The van der Waals surface area contributed by atoms with Gasteiger partial charge in [-0.25, -0.2) is 0 Å². The van der Waals surface area contributed by atoms with E-state index < -0.39 is 0 Å². The third-order valence-corrected chi connectivity index (χ3v) is 3.07. The van der Waals surface area contributed by atoms with Crippen LogP contribution in [0.2, 0.25) is 5.02 Å². The maximum Gasteiger partial charge on any atom is 0.170 e. The van der Waals surface area contributed by atoms with Crippen molar-refractivity contribution in [2.24, 2.45) is 16.8 Å². The van der Waals surface area contributed by atoms with Gasteiger partial charge in [0.2, 0.25) is 0 Å². The number of hydrogen-bond acceptors (Lipinski definition) is 4. The summed E-state index contributed by atoms with van der Waals surface area (Å²) in [4.78, 5) is 0. The van der Waals surface area contributed by atoms with Crippen LogP contribution in [0, 0.1) is 5.92 Å². The SMILES string of the molecule is COCC(C)CNCc1ccc(/C(N)=N/O)cc1Cl. The van der Waals surface area contributed by atoms with Gasteiger partial charge in [0.1, 0.15) is 0 Å². The Morgan fingerprint density at radius 3 is 2.89 bits per heavy atom. The minimum absolute atomic E-state index is 0.0510. The molecule has 0 aromatic heterocycles. The van der Waals surface area contributed by atoms with Gasteiger partial charge in [-0.15, -0.1) is 0 Å². The standard InChI is InChI=1S/C13H20ClN3O2/c1-9(8-19-2)6-16-7-11-4-3-10(5-12(11)14)13(15)17-18/h3-5,9,16,18H,6-8H2,1-2H3,(H2,15,17). The zero-order valence-corrected chi connectivity index (χ0v) is 11.9. The number of amidine groups is 1. The first-order valence-corrected chi connectivity index (χ1v) is 6.42. The molecular weight excluding hydrogens is 266 g/mol. The first kappa shape index (κ1) is 15.8. The highest BCUT2D eigenvalue weighted by Gasteiger charge is 2.06. The second kappa shape index (κ2) is 7.99. The van der Waals surface area contributed by atoms with Crippen molar-refractivity contribution in [3.63, 3.8) is 0 Å². The Kier molecular flexibility index (Phi) is 6.62. The number of benzene rings is 1. The van der Waals surface area contributed by atoms with E-state index in [2.05, 4.69) is 17.4 Å². The van der Waals surface area contributed by atoms with Crippen molar-refractivity contribution < 1.29 is 9.94 Å². The average Bonchev–Trinajstić information content (AvgIpc) is 2.40. The van der Waals surface area contributed by atoms with Crippen molar-refractivity contribution in [2.75, 3.05) is 20.3 Å². The van der Waals surface area contributed by atoms with Crippen LogP contribution in [-0.2, 0) is 11.3 Å². The topological polar surface area (TPSA) is 79.9 Å². The molecule has 0 spiro atoms. The molecule has 1 unspecified atom stereocenters. The van der Waals surface area contributed by atoms with Gasteiger partial charge in [-0.2, -0.15) is 0 Å². The van der Waals surface area contributed by atoms with E-state index in [4.69, 9.17) is 27.3 Å². The molecule has 0 aliphatic heterocycles. The predicted octanol–water partition coefficient (Wildman–Crippen LogP) is 1.81. The van der Waals surface area contributed by atoms with Crippen LogP contribution in [0.5, 0.6) is 0 Å². The highest BCUT2D eigenvalue weighted by Crippen LogP contribution is 2.17. The molecule has 0 heterocycles. The minimum atomic E-state index is 0.0510. The first-order valence-electron chi connectivity index (χ1n) is 6.04. The third kappa shape index (κ3) is 5.06. The number of ether oxygens (including phenoxy) is 1. The lowest BCUT2D eigenvalue weighted by Crippen LogP contribution is -2.23. The molecule has 0 bridgehead atoms. The number of nitrogens with one attached hydrogen (secondary N) is 1. The fourth-order valence-electron chi connectivity index (χ4n) is 1.70. The van der Waals surface area contributed by atoms with E-state index >= 15 is 0 Å². The van der Waals surface area contributed by atoms with Gasteiger partial charge in [-0.3, -0.25) is 0 Å². The van der Waals surface area contributed by atoms with Gasteiger partial charge in [-0.05, 0) is 17.5 Å². The Labute approximate surface area is 118 Å². The molecule has 5 nitrogen and oxygen atoms in total. The molecule has 0 amide bonds. The van der Waals surface area contributed by atoms with Crippen LogP contribution in [0.4, 0.5) is 0 Å². The normalized spacial score (nSPS) is 13.5. The Bertz CT molecular complexity index is 438. The molecule has 6 heteroatoms. The number of nitrogens with two attached hydrogens (primary N) is 1. The smallest absolute Gasteiger partial charge is 0.170 e. The lowest BCUT2D eigenvalue weighted by molar-refractivity contribution is 0.158. The zero-order chi connectivity index (χ0) is 14.3. The Morgan fingerprint density at radius 1 is 1.58 bits per heavy atom. The monoisotopic (exact) mass is 285 g/mol. The molecule has 0 fully saturated rings. The van der Waals surface area contributed by atoms with Crippen LogP contribution < -0.4 is 11.1 Å². The maximum atomic E-state index is 8.60. The van der Waals surface area contributed by atoms with Gasteiger partial charge in [0.05, 0.1) is 0 Å². The average molecular weight is 286 g/mol. The highest BCUT2D eigenvalue weighted by atomic mass is 35.5. The molecule has 1 rings (SSSR count). The van der Waals surface area contributed by atoms with Crippen LogP contribution in [0.15, 0.2) is 23.4 Å². The maximum absolute atomic E-state index is 8.60. The number of hydrogen-bond donors (Lipinski definition) is 3. The fraction of sp³-hybridized carbons (Fsp3) is 0.462. The molecule has 0 radical (unpaired) electrons. The molecule has 1 aromatic rings. The molecule has 0 saturated heterocycles. The number of methoxy groups -OCH3 is 1. The van der Waals surface area contributed by atoms with Crippen LogP contribution in [0.3, 0.4) is 0 Å². The van der Waals surface area contributed by atoms with E-state index in [0.717, 1.165) is 18.7 Å². The van der Waals surface area contributed by atoms with Gasteiger partial charge in [0.25, 0.3) is 0 Å². The molecule has 0 aliphatic carbocycles. The Hall–Kier alpha value is -1.30. The van der Waals surface area contributed by atoms with Crippen molar-refractivity contribution >= 4 is 17.4 Å². The summed E-state index contributed by atoms with van der Waals surface area (Å²) in [5.41, 5.74) is 7.07. The number of halogens is 1. The van der Waals surface area contributed by atoms with Crippen LogP contribution in [-0.4, -0.2) is 31.3 Å². The summed E-state index contributed by atoms with van der Waals surface area (Å²) in [6.07, 6.45) is 0.